The van der Waals surface area contributed by atoms with E-state index in [2.05, 4.69) is 16.0 Å². The molecule has 2 amide bonds. The van der Waals surface area contributed by atoms with Crippen LogP contribution in [0.1, 0.15) is 62.7 Å². The van der Waals surface area contributed by atoms with E-state index in [0.717, 1.165) is 29.0 Å². The van der Waals surface area contributed by atoms with Gasteiger partial charge in [0.1, 0.15) is 0 Å². The van der Waals surface area contributed by atoms with Crippen LogP contribution in [-0.2, 0) is 15.0 Å². The summed E-state index contributed by atoms with van der Waals surface area (Å²) >= 11 is 1.44. The maximum absolute atomic E-state index is 12.4. The van der Waals surface area contributed by atoms with Gasteiger partial charge in [0, 0.05) is 10.8 Å². The number of carbonyl (C=O) groups excluding carboxylic acids is 2. The number of nitrogens with zero attached hydrogens (tertiary/aromatic N) is 1. The van der Waals surface area contributed by atoms with E-state index in [4.69, 9.17) is 4.98 Å². The molecular weight excluding hydrogens is 382 g/mol. The summed E-state index contributed by atoms with van der Waals surface area (Å²) in [4.78, 5) is 29.5. The monoisotopic (exact) mass is 409 g/mol. The van der Waals surface area contributed by atoms with Gasteiger partial charge < -0.3 is 5.32 Å². The predicted molar refractivity (Wildman–Crippen MR) is 114 cm³/mol. The summed E-state index contributed by atoms with van der Waals surface area (Å²) in [6, 6.07) is 9.39. The highest BCUT2D eigenvalue weighted by molar-refractivity contribution is 7.14. The summed E-state index contributed by atoms with van der Waals surface area (Å²) in [5, 5.41) is 8.10. The highest BCUT2D eigenvalue weighted by atomic mass is 32.1. The van der Waals surface area contributed by atoms with E-state index in [9.17, 15) is 9.59 Å². The van der Waals surface area contributed by atoms with Crippen LogP contribution >= 0.6 is 11.3 Å². The van der Waals surface area contributed by atoms with E-state index in [1.807, 2.05) is 37.3 Å². The minimum atomic E-state index is -0.654. The van der Waals surface area contributed by atoms with Crippen molar-refractivity contribution in [1.29, 1.82) is 0 Å². The molecular formula is C23H27N3O2S. The molecule has 152 valence electrons. The number of rotatable bonds is 4. The Kier molecular flexibility index (Phi) is 4.69. The van der Waals surface area contributed by atoms with Crippen molar-refractivity contribution < 1.29 is 9.59 Å². The molecule has 29 heavy (non-hydrogen) atoms. The van der Waals surface area contributed by atoms with Crippen molar-refractivity contribution in [2.24, 2.45) is 17.8 Å². The van der Waals surface area contributed by atoms with Gasteiger partial charge in [-0.25, -0.2) is 4.98 Å². The number of hydrogen-bond donors (Lipinski definition) is 2. The van der Waals surface area contributed by atoms with Crippen LogP contribution in [0.2, 0.25) is 0 Å². The lowest BCUT2D eigenvalue weighted by Crippen LogP contribution is -2.48. The van der Waals surface area contributed by atoms with Gasteiger partial charge in [0.25, 0.3) is 0 Å². The number of amides is 2. The van der Waals surface area contributed by atoms with Crippen molar-refractivity contribution >= 4 is 28.3 Å². The SMILES string of the molecule is CC(NC(=O)C(=O)Nc1nc(C23CC4CC(CC(C4)C2)C3)cs1)c1ccccc1. The molecule has 5 nitrogen and oxygen atoms in total. The average molecular weight is 410 g/mol. The van der Waals surface area contributed by atoms with Crippen molar-refractivity contribution in [2.45, 2.75) is 56.9 Å². The molecule has 2 N–H and O–H groups in total. The third-order valence-electron chi connectivity index (χ3n) is 7.16. The van der Waals surface area contributed by atoms with Crippen molar-refractivity contribution in [3.05, 3.63) is 47.0 Å². The number of hydrogen-bond acceptors (Lipinski definition) is 4. The fourth-order valence-electron chi connectivity index (χ4n) is 6.24. The van der Waals surface area contributed by atoms with E-state index < -0.39 is 11.8 Å². The fraction of sp³-hybridized carbons (Fsp3) is 0.522. The molecule has 4 aliphatic rings. The largest absolute Gasteiger partial charge is 0.341 e. The summed E-state index contributed by atoms with van der Waals surface area (Å²) in [6.07, 6.45) is 7.91. The topological polar surface area (TPSA) is 71.1 Å². The molecule has 1 atom stereocenters. The second kappa shape index (κ2) is 7.24. The summed E-state index contributed by atoms with van der Waals surface area (Å²) in [7, 11) is 0. The molecule has 1 aromatic carbocycles. The van der Waals surface area contributed by atoms with Crippen molar-refractivity contribution in [3.8, 4) is 0 Å². The maximum Gasteiger partial charge on any atom is 0.315 e. The Bertz CT molecular complexity index is 888. The van der Waals surface area contributed by atoms with Crippen molar-refractivity contribution in [2.75, 3.05) is 5.32 Å². The Labute approximate surface area is 175 Å². The average Bonchev–Trinajstić information content (AvgIpc) is 3.17. The van der Waals surface area contributed by atoms with Gasteiger partial charge in [-0.3, -0.25) is 14.9 Å². The Morgan fingerprint density at radius 3 is 2.28 bits per heavy atom. The van der Waals surface area contributed by atoms with E-state index in [-0.39, 0.29) is 11.5 Å². The molecule has 4 aliphatic carbocycles. The summed E-state index contributed by atoms with van der Waals surface area (Å²) in [6.45, 7) is 1.87. The standard InChI is InChI=1S/C23H27N3O2S/c1-14(18-5-3-2-4-6-18)24-20(27)21(28)26-22-25-19(13-29-22)23-10-15-7-16(11-23)9-17(8-15)12-23/h2-6,13-17H,7-12H2,1H3,(H,24,27)(H,25,26,28). The van der Waals surface area contributed by atoms with Crippen LogP contribution in [0, 0.1) is 17.8 Å². The second-order valence-corrected chi connectivity index (χ2v) is 10.2. The quantitative estimate of drug-likeness (QED) is 0.734. The van der Waals surface area contributed by atoms with Crippen LogP contribution in [0.5, 0.6) is 0 Å². The van der Waals surface area contributed by atoms with E-state index in [1.165, 1.54) is 49.9 Å². The molecule has 1 unspecified atom stereocenters. The lowest BCUT2D eigenvalue weighted by atomic mass is 9.49. The van der Waals surface area contributed by atoms with Gasteiger partial charge in [0.15, 0.2) is 5.13 Å². The molecule has 6 heteroatoms. The third kappa shape index (κ3) is 3.59. The number of carbonyl (C=O) groups is 2. The van der Waals surface area contributed by atoms with Gasteiger partial charge in [-0.05, 0) is 68.8 Å². The molecule has 4 saturated carbocycles. The molecule has 6 rings (SSSR count). The van der Waals surface area contributed by atoms with E-state index >= 15 is 0 Å². The first-order valence-electron chi connectivity index (χ1n) is 10.6. The zero-order valence-electron chi connectivity index (χ0n) is 16.7. The molecule has 1 aromatic heterocycles. The number of anilines is 1. The molecule has 0 radical (unpaired) electrons. The molecule has 4 fully saturated rings. The van der Waals surface area contributed by atoms with Crippen molar-refractivity contribution in [1.82, 2.24) is 10.3 Å². The van der Waals surface area contributed by atoms with Gasteiger partial charge in [-0.1, -0.05) is 30.3 Å². The van der Waals surface area contributed by atoms with Crippen LogP contribution in [-0.4, -0.2) is 16.8 Å². The Morgan fingerprint density at radius 1 is 1.03 bits per heavy atom. The Morgan fingerprint density at radius 2 is 1.66 bits per heavy atom. The molecule has 4 bridgehead atoms. The molecule has 0 saturated heterocycles. The Balaban J connectivity index is 1.23. The van der Waals surface area contributed by atoms with Crippen LogP contribution in [0.3, 0.4) is 0 Å². The number of thiazole rings is 1. The zero-order valence-corrected chi connectivity index (χ0v) is 17.5. The van der Waals surface area contributed by atoms with Crippen LogP contribution < -0.4 is 10.6 Å². The van der Waals surface area contributed by atoms with E-state index in [0.29, 0.717) is 5.13 Å². The molecule has 1 heterocycles. The summed E-state index contributed by atoms with van der Waals surface area (Å²) in [5.41, 5.74) is 2.31. The second-order valence-electron chi connectivity index (χ2n) is 9.30. The van der Waals surface area contributed by atoms with Crippen LogP contribution in [0.15, 0.2) is 35.7 Å². The first kappa shape index (κ1) is 18.8. The van der Waals surface area contributed by atoms with Gasteiger partial charge in [-0.15, -0.1) is 11.3 Å². The normalized spacial score (nSPS) is 30.7. The lowest BCUT2D eigenvalue weighted by Gasteiger charge is -2.56. The molecule has 0 spiro atoms. The minimum Gasteiger partial charge on any atom is -0.341 e. The van der Waals surface area contributed by atoms with Crippen LogP contribution in [0.4, 0.5) is 5.13 Å². The summed E-state index contributed by atoms with van der Waals surface area (Å²) < 4.78 is 0. The summed E-state index contributed by atoms with van der Waals surface area (Å²) in [5.74, 6) is 1.27. The van der Waals surface area contributed by atoms with Gasteiger partial charge in [0.2, 0.25) is 0 Å². The highest BCUT2D eigenvalue weighted by Crippen LogP contribution is 2.60. The first-order valence-corrected chi connectivity index (χ1v) is 11.5. The number of nitrogens with one attached hydrogen (secondary N) is 2. The van der Waals surface area contributed by atoms with E-state index in [1.54, 1.807) is 0 Å². The van der Waals surface area contributed by atoms with Crippen LogP contribution in [0.25, 0.3) is 0 Å². The fourth-order valence-corrected chi connectivity index (χ4v) is 7.07. The number of aromatic nitrogens is 1. The Hall–Kier alpha value is -2.21. The highest BCUT2D eigenvalue weighted by Gasteiger charge is 2.52. The van der Waals surface area contributed by atoms with Gasteiger partial charge in [0.05, 0.1) is 11.7 Å². The lowest BCUT2D eigenvalue weighted by molar-refractivity contribution is -0.136. The smallest absolute Gasteiger partial charge is 0.315 e. The van der Waals surface area contributed by atoms with Crippen molar-refractivity contribution in [3.63, 3.8) is 0 Å². The minimum absolute atomic E-state index is 0.207. The number of benzene rings is 1. The predicted octanol–water partition coefficient (Wildman–Crippen LogP) is 4.43. The first-order chi connectivity index (χ1) is 14.0. The van der Waals surface area contributed by atoms with Gasteiger partial charge in [-0.2, -0.15) is 0 Å². The third-order valence-corrected chi connectivity index (χ3v) is 7.92. The zero-order chi connectivity index (χ0) is 20.0. The van der Waals surface area contributed by atoms with Gasteiger partial charge >= 0.3 is 11.8 Å². The molecule has 0 aliphatic heterocycles. The molecule has 2 aromatic rings. The maximum atomic E-state index is 12.4.